The lowest BCUT2D eigenvalue weighted by Gasteiger charge is -2.37. The van der Waals surface area contributed by atoms with E-state index in [1.807, 2.05) is 49.1 Å². The summed E-state index contributed by atoms with van der Waals surface area (Å²) in [7, 11) is 0. The Bertz CT molecular complexity index is 1860. The zero-order chi connectivity index (χ0) is 34.2. The van der Waals surface area contributed by atoms with Crippen LogP contribution < -0.4 is 20.9 Å². The minimum atomic E-state index is -1.05. The van der Waals surface area contributed by atoms with Crippen LogP contribution in [0, 0.1) is 25.2 Å². The third kappa shape index (κ3) is 8.35. The number of carbonyl (C=O) groups is 4. The van der Waals surface area contributed by atoms with Crippen molar-refractivity contribution in [2.45, 2.75) is 26.3 Å². The number of hydrogen-bond acceptors (Lipinski definition) is 6. The van der Waals surface area contributed by atoms with Gasteiger partial charge in [-0.05, 0) is 79.6 Å². The van der Waals surface area contributed by atoms with E-state index >= 15 is 0 Å². The number of amides is 4. The SMILES string of the molecule is Cc1ccc(C(CC(=O)O)NC(=O)c2ccc(N3CCN(C(=O)c4ccc(C#N)cc4)CC3)c(NC(=O)Nc3cccc(C)c3)c2)cc1. The van der Waals surface area contributed by atoms with Gasteiger partial charge in [0.2, 0.25) is 0 Å². The standard InChI is InChI=1S/C37H36N6O5/c1-24-6-10-27(11-7-24)31(22-34(44)45)40-35(46)29-14-15-33(32(21-29)41-37(48)39-30-5-3-4-25(2)20-30)42-16-18-43(19-17-42)36(47)28-12-8-26(23-38)9-13-28/h3-15,20-21,31H,16-19,22H2,1-2H3,(H,40,46)(H,44,45)(H2,39,41,48). The van der Waals surface area contributed by atoms with E-state index in [1.54, 1.807) is 65.6 Å². The predicted molar refractivity (Wildman–Crippen MR) is 183 cm³/mol. The average molecular weight is 645 g/mol. The summed E-state index contributed by atoms with van der Waals surface area (Å²) in [5.74, 6) is -1.68. The van der Waals surface area contributed by atoms with Crippen LogP contribution in [0.1, 0.15) is 55.4 Å². The largest absolute Gasteiger partial charge is 0.481 e. The van der Waals surface area contributed by atoms with Gasteiger partial charge in [0.15, 0.2) is 0 Å². The van der Waals surface area contributed by atoms with Crippen molar-refractivity contribution < 1.29 is 24.3 Å². The van der Waals surface area contributed by atoms with Crippen LogP contribution in [-0.2, 0) is 4.79 Å². The molecule has 4 aromatic rings. The molecule has 4 aromatic carbocycles. The van der Waals surface area contributed by atoms with E-state index in [4.69, 9.17) is 5.26 Å². The van der Waals surface area contributed by atoms with Crippen LogP contribution in [0.15, 0.2) is 91.0 Å². The molecule has 1 atom stereocenters. The molecule has 0 aliphatic carbocycles. The maximum absolute atomic E-state index is 13.5. The summed E-state index contributed by atoms with van der Waals surface area (Å²) in [6.45, 7) is 5.62. The monoisotopic (exact) mass is 644 g/mol. The van der Waals surface area contributed by atoms with Crippen molar-refractivity contribution in [2.75, 3.05) is 41.7 Å². The maximum Gasteiger partial charge on any atom is 0.323 e. The predicted octanol–water partition coefficient (Wildman–Crippen LogP) is 5.73. The van der Waals surface area contributed by atoms with Crippen LogP contribution in [0.3, 0.4) is 0 Å². The lowest BCUT2D eigenvalue weighted by molar-refractivity contribution is -0.137. The number of nitrogens with zero attached hydrogens (tertiary/aromatic N) is 3. The van der Waals surface area contributed by atoms with Gasteiger partial charge in [-0.1, -0.05) is 42.0 Å². The third-order valence-corrected chi connectivity index (χ3v) is 8.12. The Kier molecular flexibility index (Phi) is 10.4. The zero-order valence-corrected chi connectivity index (χ0v) is 26.7. The van der Waals surface area contributed by atoms with Gasteiger partial charge in [0, 0.05) is 43.0 Å². The minimum Gasteiger partial charge on any atom is -0.481 e. The normalized spacial score (nSPS) is 13.2. The molecule has 0 saturated carbocycles. The van der Waals surface area contributed by atoms with Gasteiger partial charge < -0.3 is 30.9 Å². The number of rotatable bonds is 9. The van der Waals surface area contributed by atoms with Crippen molar-refractivity contribution in [1.29, 1.82) is 5.26 Å². The van der Waals surface area contributed by atoms with Crippen molar-refractivity contribution in [2.24, 2.45) is 0 Å². The number of piperazine rings is 1. The molecule has 1 aliphatic rings. The van der Waals surface area contributed by atoms with E-state index in [2.05, 4.69) is 22.0 Å². The second-order valence-electron chi connectivity index (χ2n) is 11.7. The number of anilines is 3. The first-order valence-electron chi connectivity index (χ1n) is 15.5. The van der Waals surface area contributed by atoms with Crippen LogP contribution >= 0.6 is 0 Å². The molecule has 4 amide bonds. The number of urea groups is 1. The summed E-state index contributed by atoms with van der Waals surface area (Å²) in [6, 6.07) is 26.9. The highest BCUT2D eigenvalue weighted by atomic mass is 16.4. The molecule has 4 N–H and O–H groups in total. The summed E-state index contributed by atoms with van der Waals surface area (Å²) in [4.78, 5) is 55.3. The Labute approximate surface area is 278 Å². The fourth-order valence-electron chi connectivity index (χ4n) is 5.55. The fraction of sp³-hybridized carbons (Fsp3) is 0.216. The molecule has 1 unspecified atom stereocenters. The van der Waals surface area contributed by atoms with Crippen LogP contribution in [0.2, 0.25) is 0 Å². The lowest BCUT2D eigenvalue weighted by Crippen LogP contribution is -2.49. The van der Waals surface area contributed by atoms with Crippen molar-refractivity contribution in [3.8, 4) is 6.07 Å². The quantitative estimate of drug-likeness (QED) is 0.181. The number of nitrogens with one attached hydrogen (secondary N) is 3. The highest BCUT2D eigenvalue weighted by molar-refractivity contribution is 6.04. The van der Waals surface area contributed by atoms with Crippen LogP contribution in [-0.4, -0.2) is 60.0 Å². The lowest BCUT2D eigenvalue weighted by atomic mass is 10.0. The van der Waals surface area contributed by atoms with E-state index in [0.29, 0.717) is 59.9 Å². The molecule has 1 heterocycles. The first-order chi connectivity index (χ1) is 23.1. The highest BCUT2D eigenvalue weighted by Crippen LogP contribution is 2.30. The number of benzene rings is 4. The third-order valence-electron chi connectivity index (χ3n) is 8.12. The molecule has 11 heteroatoms. The Morgan fingerprint density at radius 1 is 0.812 bits per heavy atom. The molecule has 1 fully saturated rings. The van der Waals surface area contributed by atoms with Crippen molar-refractivity contribution in [3.63, 3.8) is 0 Å². The number of hydrogen-bond donors (Lipinski definition) is 4. The Morgan fingerprint density at radius 2 is 1.50 bits per heavy atom. The average Bonchev–Trinajstić information content (AvgIpc) is 3.08. The molecule has 0 bridgehead atoms. The molecular formula is C37H36N6O5. The van der Waals surface area contributed by atoms with E-state index in [1.165, 1.54) is 0 Å². The number of aliphatic carboxylic acids is 1. The summed E-state index contributed by atoms with van der Waals surface area (Å²) < 4.78 is 0. The zero-order valence-electron chi connectivity index (χ0n) is 26.7. The van der Waals surface area contributed by atoms with Crippen LogP contribution in [0.5, 0.6) is 0 Å². The molecule has 244 valence electrons. The van der Waals surface area contributed by atoms with E-state index in [-0.39, 0.29) is 17.9 Å². The molecule has 1 saturated heterocycles. The Balaban J connectivity index is 1.36. The van der Waals surface area contributed by atoms with Gasteiger partial charge in [-0.3, -0.25) is 14.4 Å². The summed E-state index contributed by atoms with van der Waals surface area (Å²) in [5.41, 5.74) is 5.51. The number of carbonyl (C=O) groups excluding carboxylic acids is 3. The van der Waals surface area contributed by atoms with Gasteiger partial charge in [0.05, 0.1) is 35.5 Å². The molecule has 0 aromatic heterocycles. The molecule has 5 rings (SSSR count). The van der Waals surface area contributed by atoms with Gasteiger partial charge in [-0.25, -0.2) is 4.79 Å². The van der Waals surface area contributed by atoms with Gasteiger partial charge >= 0.3 is 12.0 Å². The second-order valence-corrected chi connectivity index (χ2v) is 11.7. The summed E-state index contributed by atoms with van der Waals surface area (Å²) in [6.07, 6.45) is -0.303. The second kappa shape index (κ2) is 15.0. The van der Waals surface area contributed by atoms with Crippen LogP contribution in [0.4, 0.5) is 21.9 Å². The topological polar surface area (TPSA) is 155 Å². The molecule has 48 heavy (non-hydrogen) atoms. The Morgan fingerprint density at radius 3 is 2.15 bits per heavy atom. The number of carboxylic acid groups (broad SMARTS) is 1. The number of carboxylic acids is 1. The van der Waals surface area contributed by atoms with E-state index < -0.39 is 23.9 Å². The molecule has 1 aliphatic heterocycles. The number of nitriles is 1. The molecule has 0 radical (unpaired) electrons. The smallest absolute Gasteiger partial charge is 0.323 e. The fourth-order valence-corrected chi connectivity index (χ4v) is 5.55. The van der Waals surface area contributed by atoms with Crippen LogP contribution in [0.25, 0.3) is 0 Å². The highest BCUT2D eigenvalue weighted by Gasteiger charge is 2.26. The first-order valence-corrected chi connectivity index (χ1v) is 15.5. The maximum atomic E-state index is 13.5. The number of aryl methyl sites for hydroxylation is 2. The summed E-state index contributed by atoms with van der Waals surface area (Å²) >= 11 is 0. The van der Waals surface area contributed by atoms with Crippen molar-refractivity contribution in [3.05, 3.63) is 124 Å². The molecular weight excluding hydrogens is 608 g/mol. The van der Waals surface area contributed by atoms with Gasteiger partial charge in [0.1, 0.15) is 0 Å². The van der Waals surface area contributed by atoms with E-state index in [0.717, 1.165) is 11.1 Å². The van der Waals surface area contributed by atoms with E-state index in [9.17, 15) is 24.3 Å². The molecule has 11 nitrogen and oxygen atoms in total. The van der Waals surface area contributed by atoms with Crippen molar-refractivity contribution >= 4 is 40.9 Å². The van der Waals surface area contributed by atoms with Gasteiger partial charge in [0.25, 0.3) is 11.8 Å². The first kappa shape index (κ1) is 33.2. The van der Waals surface area contributed by atoms with Gasteiger partial charge in [-0.15, -0.1) is 0 Å². The summed E-state index contributed by atoms with van der Waals surface area (Å²) in [5, 5.41) is 27.2. The minimum absolute atomic E-state index is 0.133. The Hall–Kier alpha value is -6.15. The van der Waals surface area contributed by atoms with Gasteiger partial charge in [-0.2, -0.15) is 5.26 Å². The van der Waals surface area contributed by atoms with Crippen molar-refractivity contribution in [1.82, 2.24) is 10.2 Å². The molecule has 0 spiro atoms.